The van der Waals surface area contributed by atoms with Crippen molar-refractivity contribution in [1.29, 1.82) is 0 Å². The minimum Gasteiger partial charge on any atom is -0.493 e. The number of anilines is 2. The number of fused-ring (bicyclic) bond motifs is 3. The molecule has 3 heterocycles. The molecule has 176 valence electrons. The molecule has 3 aromatic carbocycles. The summed E-state index contributed by atoms with van der Waals surface area (Å²) in [4.78, 5) is 0. The van der Waals surface area contributed by atoms with Crippen molar-refractivity contribution in [2.75, 3.05) is 30.2 Å². The van der Waals surface area contributed by atoms with Crippen molar-refractivity contribution in [3.05, 3.63) is 89.2 Å². The summed E-state index contributed by atoms with van der Waals surface area (Å²) in [5.41, 5.74) is 6.71. The average Bonchev–Trinajstić information content (AvgIpc) is 3.35. The first-order valence-electron chi connectivity index (χ1n) is 12.2. The van der Waals surface area contributed by atoms with Gasteiger partial charge in [-0.15, -0.1) is 0 Å². The maximum absolute atomic E-state index is 6.18. The third kappa shape index (κ3) is 4.16. The zero-order chi connectivity index (χ0) is 23.6. The number of furan rings is 1. The summed E-state index contributed by atoms with van der Waals surface area (Å²) in [6.45, 7) is 1.81. The molecule has 0 bridgehead atoms. The summed E-state index contributed by atoms with van der Waals surface area (Å²) < 4.78 is 11.8. The monoisotopic (exact) mass is 464 g/mol. The second kappa shape index (κ2) is 9.29. The Bertz CT molecular complexity index is 1420. The average molecular weight is 465 g/mol. The second-order valence-electron chi connectivity index (χ2n) is 8.95. The molecule has 4 aromatic rings. The maximum atomic E-state index is 6.18. The fourth-order valence-electron chi connectivity index (χ4n) is 5.00. The Morgan fingerprint density at radius 2 is 1.43 bits per heavy atom. The summed E-state index contributed by atoms with van der Waals surface area (Å²) >= 11 is 0. The third-order valence-electron chi connectivity index (χ3n) is 6.75. The van der Waals surface area contributed by atoms with Crippen LogP contribution in [0.5, 0.6) is 5.75 Å². The van der Waals surface area contributed by atoms with E-state index < -0.39 is 0 Å². The summed E-state index contributed by atoms with van der Waals surface area (Å²) in [5, 5.41) is 14.7. The molecular weight excluding hydrogens is 436 g/mol. The summed E-state index contributed by atoms with van der Waals surface area (Å²) in [6.07, 6.45) is 8.08. The van der Waals surface area contributed by atoms with E-state index in [9.17, 15) is 0 Å². The highest BCUT2D eigenvalue weighted by molar-refractivity contribution is 6.02. The molecule has 0 atom stereocenters. The van der Waals surface area contributed by atoms with Crippen LogP contribution in [0.3, 0.4) is 0 Å². The Labute approximate surface area is 205 Å². The first-order valence-corrected chi connectivity index (χ1v) is 12.2. The van der Waals surface area contributed by atoms with Crippen molar-refractivity contribution in [2.24, 2.45) is 10.2 Å². The number of rotatable bonds is 5. The standard InChI is InChI=1S/C29H28N4O2/c1-34-28-15-14-23(19-30-32-16-6-10-21-8-2-4-12-26(21)32)25-18-24(35-29(25)28)20-31-33-17-7-11-22-9-3-5-13-27(22)33/h2-5,8-9,12-15,18-20H,6-7,10-11,16-17H2,1H3. The second-order valence-corrected chi connectivity index (χ2v) is 8.95. The van der Waals surface area contributed by atoms with Gasteiger partial charge in [-0.05, 0) is 67.1 Å². The molecule has 2 aliphatic heterocycles. The van der Waals surface area contributed by atoms with Gasteiger partial charge in [0, 0.05) is 24.0 Å². The van der Waals surface area contributed by atoms with Gasteiger partial charge in [0.15, 0.2) is 11.3 Å². The first kappa shape index (κ1) is 21.5. The van der Waals surface area contributed by atoms with Gasteiger partial charge in [0.05, 0.1) is 30.9 Å². The molecular formula is C29H28N4O2. The quantitative estimate of drug-likeness (QED) is 0.339. The van der Waals surface area contributed by atoms with Crippen molar-refractivity contribution < 1.29 is 9.15 Å². The molecule has 0 aliphatic carbocycles. The molecule has 0 spiro atoms. The van der Waals surface area contributed by atoms with Gasteiger partial charge in [-0.1, -0.05) is 36.4 Å². The van der Waals surface area contributed by atoms with Crippen LogP contribution >= 0.6 is 0 Å². The number of para-hydroxylation sites is 2. The number of hydrazone groups is 2. The van der Waals surface area contributed by atoms with Gasteiger partial charge >= 0.3 is 0 Å². The molecule has 6 heteroatoms. The van der Waals surface area contributed by atoms with Gasteiger partial charge in [-0.2, -0.15) is 10.2 Å². The van der Waals surface area contributed by atoms with E-state index in [2.05, 4.69) is 58.5 Å². The molecule has 35 heavy (non-hydrogen) atoms. The van der Waals surface area contributed by atoms with Crippen LogP contribution in [-0.2, 0) is 12.8 Å². The van der Waals surface area contributed by atoms with Crippen LogP contribution in [0.1, 0.15) is 35.3 Å². The molecule has 2 aliphatic rings. The van der Waals surface area contributed by atoms with Crippen LogP contribution in [0.2, 0.25) is 0 Å². The van der Waals surface area contributed by atoms with Gasteiger partial charge in [-0.3, -0.25) is 10.0 Å². The van der Waals surface area contributed by atoms with Crippen LogP contribution in [0.25, 0.3) is 11.0 Å². The van der Waals surface area contributed by atoms with Gasteiger partial charge in [0.25, 0.3) is 0 Å². The number of nitrogens with zero attached hydrogens (tertiary/aromatic N) is 4. The zero-order valence-electron chi connectivity index (χ0n) is 19.9. The van der Waals surface area contributed by atoms with Crippen molar-refractivity contribution in [2.45, 2.75) is 25.7 Å². The summed E-state index contributed by atoms with van der Waals surface area (Å²) in [5.74, 6) is 1.38. The number of benzene rings is 3. The van der Waals surface area contributed by atoms with E-state index in [0.29, 0.717) is 17.1 Å². The van der Waals surface area contributed by atoms with Crippen LogP contribution in [0.15, 0.2) is 81.4 Å². The van der Waals surface area contributed by atoms with Gasteiger partial charge < -0.3 is 9.15 Å². The van der Waals surface area contributed by atoms with Gasteiger partial charge in [-0.25, -0.2) is 0 Å². The van der Waals surface area contributed by atoms with Crippen LogP contribution in [0, 0.1) is 0 Å². The predicted molar refractivity (Wildman–Crippen MR) is 142 cm³/mol. The van der Waals surface area contributed by atoms with Crippen LogP contribution in [-0.4, -0.2) is 32.6 Å². The lowest BCUT2D eigenvalue weighted by Crippen LogP contribution is -2.24. The third-order valence-corrected chi connectivity index (χ3v) is 6.75. The highest BCUT2D eigenvalue weighted by Crippen LogP contribution is 2.32. The minimum atomic E-state index is 0.686. The van der Waals surface area contributed by atoms with Crippen molar-refractivity contribution in [3.8, 4) is 5.75 Å². The van der Waals surface area contributed by atoms with E-state index in [-0.39, 0.29) is 0 Å². The molecule has 0 N–H and O–H groups in total. The normalized spacial score (nSPS) is 15.7. The summed E-state index contributed by atoms with van der Waals surface area (Å²) in [7, 11) is 1.66. The number of aryl methyl sites for hydroxylation is 2. The Morgan fingerprint density at radius 1 is 0.800 bits per heavy atom. The molecule has 0 radical (unpaired) electrons. The Balaban J connectivity index is 1.31. The Kier molecular flexibility index (Phi) is 5.70. The highest BCUT2D eigenvalue weighted by Gasteiger charge is 2.17. The van der Waals surface area contributed by atoms with E-state index in [0.717, 1.165) is 49.7 Å². The van der Waals surface area contributed by atoms with Gasteiger partial charge in [0.2, 0.25) is 0 Å². The highest BCUT2D eigenvalue weighted by atomic mass is 16.5. The molecule has 0 amide bonds. The van der Waals surface area contributed by atoms with Crippen molar-refractivity contribution in [3.63, 3.8) is 0 Å². The molecule has 0 fully saturated rings. The summed E-state index contributed by atoms with van der Waals surface area (Å²) in [6, 6.07) is 22.9. The zero-order valence-corrected chi connectivity index (χ0v) is 19.9. The topological polar surface area (TPSA) is 53.6 Å². The molecule has 0 saturated heterocycles. The SMILES string of the molecule is COc1ccc(C=NN2CCCc3ccccc32)c2cc(C=NN3CCCc4ccccc43)oc12. The lowest BCUT2D eigenvalue weighted by atomic mass is 10.0. The largest absolute Gasteiger partial charge is 0.493 e. The van der Waals surface area contributed by atoms with Crippen LogP contribution < -0.4 is 14.8 Å². The van der Waals surface area contributed by atoms with E-state index in [4.69, 9.17) is 19.4 Å². The van der Waals surface area contributed by atoms with E-state index in [1.54, 1.807) is 13.3 Å². The van der Waals surface area contributed by atoms with Gasteiger partial charge in [0.1, 0.15) is 5.76 Å². The molecule has 0 unspecified atom stereocenters. The number of ether oxygens (including phenoxy) is 1. The number of methoxy groups -OCH3 is 1. The number of hydrogen-bond acceptors (Lipinski definition) is 6. The van der Waals surface area contributed by atoms with Crippen LogP contribution in [0.4, 0.5) is 11.4 Å². The molecule has 0 saturated carbocycles. The predicted octanol–water partition coefficient (Wildman–Crippen LogP) is 6.01. The fraction of sp³-hybridized carbons (Fsp3) is 0.241. The van der Waals surface area contributed by atoms with E-state index in [1.165, 1.54) is 22.5 Å². The lowest BCUT2D eigenvalue weighted by molar-refractivity contribution is 0.410. The van der Waals surface area contributed by atoms with Crippen molar-refractivity contribution in [1.82, 2.24) is 0 Å². The first-order chi connectivity index (χ1) is 17.3. The maximum Gasteiger partial charge on any atom is 0.177 e. The molecule has 6 nitrogen and oxygen atoms in total. The Hall–Kier alpha value is -4.06. The molecule has 1 aromatic heterocycles. The number of hydrogen-bond donors (Lipinski definition) is 0. The lowest BCUT2D eigenvalue weighted by Gasteiger charge is -2.26. The fourth-order valence-corrected chi connectivity index (χ4v) is 5.00. The minimum absolute atomic E-state index is 0.686. The smallest absolute Gasteiger partial charge is 0.177 e. The van der Waals surface area contributed by atoms with Crippen molar-refractivity contribution >= 4 is 34.8 Å². The molecule has 6 rings (SSSR count). The van der Waals surface area contributed by atoms with E-state index in [1.807, 2.05) is 24.4 Å². The van der Waals surface area contributed by atoms with E-state index >= 15 is 0 Å². The Morgan fingerprint density at radius 3 is 2.09 bits per heavy atom.